The van der Waals surface area contributed by atoms with E-state index in [9.17, 15) is 0 Å². The van der Waals surface area contributed by atoms with Gasteiger partial charge < -0.3 is 9.88 Å². The minimum absolute atomic E-state index is 0.445. The average Bonchev–Trinajstić information content (AvgIpc) is 3.19. The maximum Gasteiger partial charge on any atom is 0.0951 e. The van der Waals surface area contributed by atoms with Crippen LogP contribution in [0.25, 0.3) is 11.3 Å². The van der Waals surface area contributed by atoms with Gasteiger partial charge in [0.05, 0.1) is 18.2 Å². The summed E-state index contributed by atoms with van der Waals surface area (Å²) in [5.41, 5.74) is 5.77. The van der Waals surface area contributed by atoms with Crippen LogP contribution in [0.1, 0.15) is 38.2 Å². The van der Waals surface area contributed by atoms with Crippen molar-refractivity contribution in [3.63, 3.8) is 0 Å². The molecule has 0 radical (unpaired) electrons. The Labute approximate surface area is 126 Å². The Morgan fingerprint density at radius 3 is 3.00 bits per heavy atom. The van der Waals surface area contributed by atoms with Crippen LogP contribution in [0, 0.1) is 5.41 Å². The number of imidazole rings is 1. The van der Waals surface area contributed by atoms with Gasteiger partial charge in [-0.05, 0) is 30.2 Å². The van der Waals surface area contributed by atoms with Crippen molar-refractivity contribution < 1.29 is 0 Å². The molecule has 0 unspecified atom stereocenters. The normalized spacial score (nSPS) is 19.5. The van der Waals surface area contributed by atoms with Crippen LogP contribution >= 0.6 is 0 Å². The molecular weight excluding hydrogens is 258 g/mol. The van der Waals surface area contributed by atoms with E-state index < -0.39 is 0 Å². The highest BCUT2D eigenvalue weighted by molar-refractivity contribution is 5.79. The minimum Gasteiger partial charge on any atom is -0.384 e. The number of nitrogens with zero attached hydrogens (tertiary/aromatic N) is 2. The molecule has 0 saturated heterocycles. The molecule has 2 heterocycles. The summed E-state index contributed by atoms with van der Waals surface area (Å²) in [5.74, 6) is 0. The second kappa shape index (κ2) is 4.90. The third-order valence-electron chi connectivity index (χ3n) is 5.20. The lowest BCUT2D eigenvalue weighted by molar-refractivity contribution is 0.283. The number of aromatic nitrogens is 2. The van der Waals surface area contributed by atoms with Crippen LogP contribution in [0.5, 0.6) is 0 Å². The largest absolute Gasteiger partial charge is 0.384 e. The second-order valence-corrected chi connectivity index (χ2v) is 6.94. The molecule has 21 heavy (non-hydrogen) atoms. The highest BCUT2D eigenvalue weighted by atomic mass is 15.1. The number of hydrogen-bond acceptors (Lipinski definition) is 2. The molecule has 0 spiro atoms. The van der Waals surface area contributed by atoms with Crippen LogP contribution in [0.15, 0.2) is 30.7 Å². The molecule has 3 heteroatoms. The molecule has 1 fully saturated rings. The van der Waals surface area contributed by atoms with Crippen molar-refractivity contribution in [3.05, 3.63) is 36.3 Å². The molecule has 1 N–H and O–H groups in total. The standard InChI is InChI=1S/C18H23N3/c1-18(8-2-3-9-18)12-21-13-19-11-16(21)15-6-4-5-14-7-10-20-17(14)15/h4-6,11,13,20H,2-3,7-10,12H2,1H3. The topological polar surface area (TPSA) is 29.9 Å². The molecular formula is C18H23N3. The number of fused-ring (bicyclic) bond motifs is 1. The third-order valence-corrected chi connectivity index (χ3v) is 5.20. The van der Waals surface area contributed by atoms with E-state index in [4.69, 9.17) is 0 Å². The zero-order valence-electron chi connectivity index (χ0n) is 12.7. The van der Waals surface area contributed by atoms with Crippen molar-refractivity contribution in [1.29, 1.82) is 0 Å². The smallest absolute Gasteiger partial charge is 0.0951 e. The zero-order valence-corrected chi connectivity index (χ0v) is 12.7. The lowest BCUT2D eigenvalue weighted by atomic mass is 9.88. The first kappa shape index (κ1) is 12.9. The Kier molecular flexibility index (Phi) is 3.02. The summed E-state index contributed by atoms with van der Waals surface area (Å²) in [5, 5.41) is 3.55. The lowest BCUT2D eigenvalue weighted by Gasteiger charge is -2.25. The Morgan fingerprint density at radius 1 is 1.29 bits per heavy atom. The average molecular weight is 281 g/mol. The van der Waals surface area contributed by atoms with E-state index in [1.165, 1.54) is 48.2 Å². The number of hydrogen-bond donors (Lipinski definition) is 1. The number of para-hydroxylation sites is 1. The minimum atomic E-state index is 0.445. The van der Waals surface area contributed by atoms with Crippen molar-refractivity contribution in [3.8, 4) is 11.3 Å². The van der Waals surface area contributed by atoms with Gasteiger partial charge in [0, 0.05) is 24.3 Å². The van der Waals surface area contributed by atoms with Crippen LogP contribution < -0.4 is 5.32 Å². The molecule has 1 saturated carbocycles. The van der Waals surface area contributed by atoms with E-state index in [0.717, 1.165) is 19.5 Å². The number of anilines is 1. The Morgan fingerprint density at radius 2 is 2.14 bits per heavy atom. The van der Waals surface area contributed by atoms with E-state index in [0.29, 0.717) is 5.41 Å². The number of benzene rings is 1. The molecule has 0 bridgehead atoms. The molecule has 110 valence electrons. The van der Waals surface area contributed by atoms with Gasteiger partial charge in [-0.2, -0.15) is 0 Å². The summed E-state index contributed by atoms with van der Waals surface area (Å²) >= 11 is 0. The van der Waals surface area contributed by atoms with Crippen molar-refractivity contribution in [2.24, 2.45) is 5.41 Å². The highest BCUT2D eigenvalue weighted by Crippen LogP contribution is 2.41. The van der Waals surface area contributed by atoms with Crippen molar-refractivity contribution in [2.75, 3.05) is 11.9 Å². The molecule has 2 aliphatic rings. The van der Waals surface area contributed by atoms with Crippen LogP contribution in [0.4, 0.5) is 5.69 Å². The van der Waals surface area contributed by atoms with Gasteiger partial charge in [0.15, 0.2) is 0 Å². The van der Waals surface area contributed by atoms with Gasteiger partial charge in [-0.1, -0.05) is 38.0 Å². The first-order valence-corrected chi connectivity index (χ1v) is 8.11. The van der Waals surface area contributed by atoms with Gasteiger partial charge in [0.2, 0.25) is 0 Å². The molecule has 1 aromatic heterocycles. The SMILES string of the molecule is CC1(Cn2cncc2-c2cccc3c2NCC3)CCCC1. The molecule has 0 atom stereocenters. The van der Waals surface area contributed by atoms with Crippen LogP contribution in [0.2, 0.25) is 0 Å². The molecule has 1 aromatic carbocycles. The van der Waals surface area contributed by atoms with E-state index in [2.05, 4.69) is 40.0 Å². The van der Waals surface area contributed by atoms with E-state index >= 15 is 0 Å². The Hall–Kier alpha value is -1.77. The summed E-state index contributed by atoms with van der Waals surface area (Å²) in [6, 6.07) is 6.63. The van der Waals surface area contributed by atoms with Crippen LogP contribution in [-0.4, -0.2) is 16.1 Å². The predicted molar refractivity (Wildman–Crippen MR) is 86.4 cm³/mol. The molecule has 1 aliphatic carbocycles. The maximum absolute atomic E-state index is 4.43. The Balaban J connectivity index is 1.71. The Bertz CT molecular complexity index is 650. The van der Waals surface area contributed by atoms with Gasteiger partial charge in [0.25, 0.3) is 0 Å². The van der Waals surface area contributed by atoms with Gasteiger partial charge in [-0.15, -0.1) is 0 Å². The second-order valence-electron chi connectivity index (χ2n) is 6.94. The molecule has 2 aromatic rings. The summed E-state index contributed by atoms with van der Waals surface area (Å²) in [4.78, 5) is 4.43. The summed E-state index contributed by atoms with van der Waals surface area (Å²) in [6.07, 6.45) is 10.6. The van der Waals surface area contributed by atoms with Gasteiger partial charge in [-0.25, -0.2) is 4.98 Å². The van der Waals surface area contributed by atoms with E-state index in [1.54, 1.807) is 0 Å². The molecule has 1 aliphatic heterocycles. The van der Waals surface area contributed by atoms with Gasteiger partial charge in [0.1, 0.15) is 0 Å². The fourth-order valence-corrected chi connectivity index (χ4v) is 4.02. The molecule has 0 amide bonds. The van der Waals surface area contributed by atoms with E-state index in [-0.39, 0.29) is 0 Å². The van der Waals surface area contributed by atoms with Gasteiger partial charge in [-0.3, -0.25) is 0 Å². The van der Waals surface area contributed by atoms with Gasteiger partial charge >= 0.3 is 0 Å². The first-order chi connectivity index (χ1) is 10.3. The predicted octanol–water partition coefficient (Wildman–Crippen LogP) is 4.10. The highest BCUT2D eigenvalue weighted by Gasteiger charge is 2.30. The lowest BCUT2D eigenvalue weighted by Crippen LogP contribution is -2.19. The summed E-state index contributed by atoms with van der Waals surface area (Å²) in [6.45, 7) is 4.57. The fraction of sp³-hybridized carbons (Fsp3) is 0.500. The fourth-order valence-electron chi connectivity index (χ4n) is 4.02. The van der Waals surface area contributed by atoms with Crippen molar-refractivity contribution in [1.82, 2.24) is 9.55 Å². The summed E-state index contributed by atoms with van der Waals surface area (Å²) < 4.78 is 2.36. The zero-order chi connectivity index (χ0) is 14.3. The van der Waals surface area contributed by atoms with Crippen LogP contribution in [-0.2, 0) is 13.0 Å². The van der Waals surface area contributed by atoms with E-state index in [1.807, 2.05) is 12.5 Å². The third kappa shape index (κ3) is 2.25. The monoisotopic (exact) mass is 281 g/mol. The van der Waals surface area contributed by atoms with Crippen molar-refractivity contribution in [2.45, 2.75) is 45.6 Å². The summed E-state index contributed by atoms with van der Waals surface area (Å²) in [7, 11) is 0. The number of rotatable bonds is 3. The number of nitrogens with one attached hydrogen (secondary N) is 1. The first-order valence-electron chi connectivity index (χ1n) is 8.11. The van der Waals surface area contributed by atoms with Crippen molar-refractivity contribution >= 4 is 5.69 Å². The van der Waals surface area contributed by atoms with Crippen LogP contribution in [0.3, 0.4) is 0 Å². The quantitative estimate of drug-likeness (QED) is 0.918. The molecule has 4 rings (SSSR count). The molecule has 3 nitrogen and oxygen atoms in total. The maximum atomic E-state index is 4.43.